The predicted octanol–water partition coefficient (Wildman–Crippen LogP) is -1.95. The molecule has 0 aromatic rings. The summed E-state index contributed by atoms with van der Waals surface area (Å²) >= 11 is 0. The monoisotopic (exact) mass is 206 g/mol. The third-order valence-electron chi connectivity index (χ3n) is 1.61. The van der Waals surface area contributed by atoms with E-state index in [0.717, 1.165) is 12.6 Å². The Hall–Kier alpha value is -0.690. The van der Waals surface area contributed by atoms with E-state index in [2.05, 4.69) is 10.5 Å². The summed E-state index contributed by atoms with van der Waals surface area (Å²) in [6.07, 6.45) is -2.09. The average molecular weight is 206 g/mol. The minimum absolute atomic E-state index is 0.603. The molecule has 0 aromatic heterocycles. The first-order valence-electron chi connectivity index (χ1n) is 4.54. The highest BCUT2D eigenvalue weighted by Crippen LogP contribution is 1.97. The Bertz CT molecular complexity index is 165. The molecular weight excluding hydrogens is 188 g/mol. The van der Waals surface area contributed by atoms with Crippen molar-refractivity contribution in [3.63, 3.8) is 0 Å². The fourth-order valence-electron chi connectivity index (χ4n) is 0.729. The summed E-state index contributed by atoms with van der Waals surface area (Å²) in [5, 5.41) is 39.4. The van der Waals surface area contributed by atoms with Crippen LogP contribution in [0.25, 0.3) is 0 Å². The summed E-state index contributed by atoms with van der Waals surface area (Å²) in [5.41, 5.74) is 2.63. The molecule has 0 rings (SSSR count). The van der Waals surface area contributed by atoms with Crippen molar-refractivity contribution in [2.45, 2.75) is 31.7 Å². The Balaban J connectivity index is 3.81. The summed E-state index contributed by atoms with van der Waals surface area (Å²) in [7, 11) is 0. The SMILES string of the molecule is CCCN/N=C\[C@H](O)[C@@H](O)[C@@H](O)CO. The molecule has 0 saturated carbocycles. The Morgan fingerprint density at radius 3 is 2.50 bits per heavy atom. The zero-order chi connectivity index (χ0) is 11.0. The summed E-state index contributed by atoms with van der Waals surface area (Å²) < 4.78 is 0. The maximum Gasteiger partial charge on any atom is 0.119 e. The maximum absolute atomic E-state index is 9.21. The van der Waals surface area contributed by atoms with Crippen molar-refractivity contribution in [1.82, 2.24) is 5.43 Å². The molecule has 0 unspecified atom stereocenters. The highest BCUT2D eigenvalue weighted by molar-refractivity contribution is 5.63. The lowest BCUT2D eigenvalue weighted by molar-refractivity contribution is -0.0542. The summed E-state index contributed by atoms with van der Waals surface area (Å²) in [5.74, 6) is 0. The maximum atomic E-state index is 9.21. The van der Waals surface area contributed by atoms with E-state index < -0.39 is 24.9 Å². The van der Waals surface area contributed by atoms with Crippen LogP contribution in [0.4, 0.5) is 0 Å². The van der Waals surface area contributed by atoms with Crippen LogP contribution < -0.4 is 5.43 Å². The number of hydrazone groups is 1. The smallest absolute Gasteiger partial charge is 0.119 e. The number of hydrogen-bond donors (Lipinski definition) is 5. The molecule has 6 nitrogen and oxygen atoms in total. The highest BCUT2D eigenvalue weighted by atomic mass is 16.4. The Kier molecular flexibility index (Phi) is 7.31. The molecule has 0 aromatic carbocycles. The van der Waals surface area contributed by atoms with Crippen LogP contribution in [0.5, 0.6) is 0 Å². The van der Waals surface area contributed by atoms with Crippen LogP contribution in [0.2, 0.25) is 0 Å². The van der Waals surface area contributed by atoms with Gasteiger partial charge in [-0.2, -0.15) is 5.10 Å². The van der Waals surface area contributed by atoms with Crippen molar-refractivity contribution in [3.8, 4) is 0 Å². The second-order valence-corrected chi connectivity index (χ2v) is 2.92. The first-order valence-corrected chi connectivity index (χ1v) is 4.54. The summed E-state index contributed by atoms with van der Waals surface area (Å²) in [6, 6.07) is 0. The largest absolute Gasteiger partial charge is 0.394 e. The number of aliphatic hydroxyl groups is 4. The molecule has 5 N–H and O–H groups in total. The lowest BCUT2D eigenvalue weighted by Gasteiger charge is -2.17. The van der Waals surface area contributed by atoms with Crippen molar-refractivity contribution < 1.29 is 20.4 Å². The molecule has 0 radical (unpaired) electrons. The van der Waals surface area contributed by atoms with Gasteiger partial charge in [0.15, 0.2) is 0 Å². The van der Waals surface area contributed by atoms with Gasteiger partial charge in [-0.3, -0.25) is 0 Å². The number of nitrogens with zero attached hydrogens (tertiary/aromatic N) is 1. The van der Waals surface area contributed by atoms with Crippen LogP contribution in [-0.2, 0) is 0 Å². The van der Waals surface area contributed by atoms with Gasteiger partial charge in [0.25, 0.3) is 0 Å². The van der Waals surface area contributed by atoms with Crippen LogP contribution in [0.1, 0.15) is 13.3 Å². The van der Waals surface area contributed by atoms with Gasteiger partial charge in [0, 0.05) is 6.54 Å². The van der Waals surface area contributed by atoms with E-state index in [1.165, 1.54) is 0 Å². The predicted molar refractivity (Wildman–Crippen MR) is 51.9 cm³/mol. The van der Waals surface area contributed by atoms with E-state index in [4.69, 9.17) is 15.3 Å². The zero-order valence-corrected chi connectivity index (χ0v) is 8.17. The zero-order valence-electron chi connectivity index (χ0n) is 8.17. The molecule has 0 heterocycles. The molecule has 0 aliphatic carbocycles. The van der Waals surface area contributed by atoms with E-state index in [1.54, 1.807) is 0 Å². The molecule has 0 aliphatic rings. The number of hydrogen-bond acceptors (Lipinski definition) is 6. The van der Waals surface area contributed by atoms with E-state index in [9.17, 15) is 5.11 Å². The minimum Gasteiger partial charge on any atom is -0.394 e. The second-order valence-electron chi connectivity index (χ2n) is 2.92. The van der Waals surface area contributed by atoms with Gasteiger partial charge in [-0.1, -0.05) is 6.92 Å². The average Bonchev–Trinajstić information content (AvgIpc) is 2.21. The van der Waals surface area contributed by atoms with Gasteiger partial charge in [-0.25, -0.2) is 0 Å². The molecule has 14 heavy (non-hydrogen) atoms. The number of aliphatic hydroxyl groups excluding tert-OH is 4. The van der Waals surface area contributed by atoms with E-state index >= 15 is 0 Å². The van der Waals surface area contributed by atoms with Crippen LogP contribution in [0.3, 0.4) is 0 Å². The van der Waals surface area contributed by atoms with Gasteiger partial charge in [0.05, 0.1) is 12.8 Å². The number of rotatable bonds is 7. The van der Waals surface area contributed by atoms with Crippen molar-refractivity contribution in [2.75, 3.05) is 13.2 Å². The van der Waals surface area contributed by atoms with Gasteiger partial charge in [-0.15, -0.1) is 0 Å². The topological polar surface area (TPSA) is 105 Å². The first kappa shape index (κ1) is 13.3. The molecule has 0 fully saturated rings. The Morgan fingerprint density at radius 1 is 1.36 bits per heavy atom. The standard InChI is InChI=1S/C8H18N2O4/c1-2-3-9-10-4-6(12)8(14)7(13)5-11/h4,6-9,11-14H,2-3,5H2,1H3/b10-4-/t6-,7-,8+/m0/s1. The number of nitrogens with one attached hydrogen (secondary N) is 1. The van der Waals surface area contributed by atoms with Crippen LogP contribution in [0.15, 0.2) is 5.10 Å². The normalized spacial score (nSPS) is 18.1. The third-order valence-corrected chi connectivity index (χ3v) is 1.61. The van der Waals surface area contributed by atoms with Crippen LogP contribution in [-0.4, -0.2) is 58.1 Å². The molecule has 0 saturated heterocycles. The highest BCUT2D eigenvalue weighted by Gasteiger charge is 2.22. The van der Waals surface area contributed by atoms with Gasteiger partial charge >= 0.3 is 0 Å². The van der Waals surface area contributed by atoms with Gasteiger partial charge in [0.1, 0.15) is 18.3 Å². The first-order chi connectivity index (χ1) is 6.63. The quantitative estimate of drug-likeness (QED) is 0.189. The van der Waals surface area contributed by atoms with Crippen LogP contribution >= 0.6 is 0 Å². The van der Waals surface area contributed by atoms with Crippen LogP contribution in [0, 0.1) is 0 Å². The van der Waals surface area contributed by atoms with Crippen molar-refractivity contribution in [2.24, 2.45) is 5.10 Å². The lowest BCUT2D eigenvalue weighted by atomic mass is 10.1. The molecule has 0 bridgehead atoms. The molecular formula is C8H18N2O4. The molecule has 3 atom stereocenters. The fraction of sp³-hybridized carbons (Fsp3) is 0.875. The van der Waals surface area contributed by atoms with Crippen molar-refractivity contribution >= 4 is 6.21 Å². The molecule has 6 heteroatoms. The third kappa shape index (κ3) is 5.13. The molecule has 0 amide bonds. The molecule has 84 valence electrons. The van der Waals surface area contributed by atoms with E-state index in [0.29, 0.717) is 6.54 Å². The summed E-state index contributed by atoms with van der Waals surface area (Å²) in [6.45, 7) is 2.03. The van der Waals surface area contributed by atoms with Crippen molar-refractivity contribution in [1.29, 1.82) is 0 Å². The molecule has 0 spiro atoms. The molecule has 0 aliphatic heterocycles. The van der Waals surface area contributed by atoms with E-state index in [-0.39, 0.29) is 0 Å². The van der Waals surface area contributed by atoms with Gasteiger partial charge < -0.3 is 25.9 Å². The fourth-order valence-corrected chi connectivity index (χ4v) is 0.729. The minimum atomic E-state index is -1.42. The second kappa shape index (κ2) is 7.69. The van der Waals surface area contributed by atoms with Crippen molar-refractivity contribution in [3.05, 3.63) is 0 Å². The Labute approximate surface area is 82.9 Å². The Morgan fingerprint density at radius 2 is 2.00 bits per heavy atom. The lowest BCUT2D eigenvalue weighted by Crippen LogP contribution is -2.40. The van der Waals surface area contributed by atoms with Gasteiger partial charge in [-0.05, 0) is 6.42 Å². The van der Waals surface area contributed by atoms with Gasteiger partial charge in [0.2, 0.25) is 0 Å². The summed E-state index contributed by atoms with van der Waals surface area (Å²) in [4.78, 5) is 0. The van der Waals surface area contributed by atoms with E-state index in [1.807, 2.05) is 6.92 Å².